The molecule has 174 valence electrons. The van der Waals surface area contributed by atoms with Crippen molar-refractivity contribution in [2.24, 2.45) is 0 Å². The van der Waals surface area contributed by atoms with Crippen molar-refractivity contribution >= 4 is 72.0 Å². The normalized spacial score (nSPS) is 11.8. The summed E-state index contributed by atoms with van der Waals surface area (Å²) in [6, 6.07) is 35.0. The fraction of sp³-hybridized carbons (Fsp3) is 0. The summed E-state index contributed by atoms with van der Waals surface area (Å²) >= 11 is 0. The van der Waals surface area contributed by atoms with Gasteiger partial charge in [0.15, 0.2) is 5.58 Å². The number of hydrogen-bond acceptors (Lipinski definition) is 5. The predicted octanol–water partition coefficient (Wildman–Crippen LogP) is 8.90. The van der Waals surface area contributed by atoms with E-state index in [1.807, 2.05) is 60.9 Å². The molecule has 4 aromatic heterocycles. The molecule has 0 aliphatic carbocycles. The number of hydrogen-bond donors (Lipinski definition) is 0. The van der Waals surface area contributed by atoms with Gasteiger partial charge in [-0.05, 0) is 41.8 Å². The first-order valence-corrected chi connectivity index (χ1v) is 12.2. The third-order valence-electron chi connectivity index (χ3n) is 6.97. The molecule has 0 unspecified atom stereocenters. The lowest BCUT2D eigenvalue weighted by Crippen LogP contribution is -2.11. The van der Waals surface area contributed by atoms with Crippen LogP contribution in [0.5, 0.6) is 0 Å². The van der Waals surface area contributed by atoms with Crippen molar-refractivity contribution < 1.29 is 8.83 Å². The minimum atomic E-state index is 0.617. The first kappa shape index (κ1) is 20.1. The summed E-state index contributed by atoms with van der Waals surface area (Å²) in [6.45, 7) is 0. The minimum Gasteiger partial charge on any atom is -0.452 e. The highest BCUT2D eigenvalue weighted by Crippen LogP contribution is 2.44. The molecule has 5 heteroatoms. The van der Waals surface area contributed by atoms with Gasteiger partial charge < -0.3 is 13.7 Å². The second-order valence-electron chi connectivity index (χ2n) is 9.08. The summed E-state index contributed by atoms with van der Waals surface area (Å²) in [4.78, 5) is 11.6. The van der Waals surface area contributed by atoms with Gasteiger partial charge in [-0.2, -0.15) is 0 Å². The molecule has 4 aromatic carbocycles. The third kappa shape index (κ3) is 2.98. The van der Waals surface area contributed by atoms with E-state index >= 15 is 0 Å². The highest BCUT2D eigenvalue weighted by molar-refractivity contribution is 6.11. The molecule has 5 nitrogen and oxygen atoms in total. The molecule has 0 bridgehead atoms. The second-order valence-corrected chi connectivity index (χ2v) is 9.08. The van der Waals surface area contributed by atoms with E-state index in [9.17, 15) is 0 Å². The molecule has 0 radical (unpaired) electrons. The summed E-state index contributed by atoms with van der Waals surface area (Å²) in [5.74, 6) is 0. The lowest BCUT2D eigenvalue weighted by molar-refractivity contribution is 0.654. The molecule has 0 saturated carbocycles. The number of aromatic nitrogens is 2. The van der Waals surface area contributed by atoms with Gasteiger partial charge in [0, 0.05) is 22.4 Å². The van der Waals surface area contributed by atoms with Crippen molar-refractivity contribution in [2.45, 2.75) is 0 Å². The minimum absolute atomic E-state index is 0.617. The van der Waals surface area contributed by atoms with Crippen molar-refractivity contribution in [1.29, 1.82) is 0 Å². The van der Waals surface area contributed by atoms with Crippen molar-refractivity contribution in [1.82, 2.24) is 9.97 Å². The maximum atomic E-state index is 6.42. The lowest BCUT2D eigenvalue weighted by Gasteiger charge is -2.26. The average molecular weight is 478 g/mol. The van der Waals surface area contributed by atoms with Crippen molar-refractivity contribution in [3.05, 3.63) is 116 Å². The van der Waals surface area contributed by atoms with Gasteiger partial charge in [0.2, 0.25) is 5.71 Å². The highest BCUT2D eigenvalue weighted by Gasteiger charge is 2.22. The number of fused-ring (bicyclic) bond motifs is 7. The molecule has 0 aliphatic rings. The largest absolute Gasteiger partial charge is 0.452 e. The molecule has 8 rings (SSSR count). The first-order valence-electron chi connectivity index (χ1n) is 12.2. The Hall–Kier alpha value is -5.16. The van der Waals surface area contributed by atoms with Gasteiger partial charge in [-0.1, -0.05) is 66.7 Å². The smallest absolute Gasteiger partial charge is 0.227 e. The van der Waals surface area contributed by atoms with Crippen LogP contribution in [0.2, 0.25) is 0 Å². The van der Waals surface area contributed by atoms with E-state index in [1.165, 1.54) is 0 Å². The summed E-state index contributed by atoms with van der Waals surface area (Å²) in [5.41, 5.74) is 6.64. The van der Waals surface area contributed by atoms with Gasteiger partial charge >= 0.3 is 0 Å². The number of benzene rings is 4. The molecule has 0 saturated heterocycles. The Morgan fingerprint density at radius 2 is 1.30 bits per heavy atom. The van der Waals surface area contributed by atoms with E-state index in [1.54, 1.807) is 0 Å². The van der Waals surface area contributed by atoms with Crippen molar-refractivity contribution in [3.8, 4) is 0 Å². The molecule has 0 atom stereocenters. The van der Waals surface area contributed by atoms with E-state index in [0.29, 0.717) is 5.71 Å². The Kier molecular flexibility index (Phi) is 4.16. The van der Waals surface area contributed by atoms with Crippen LogP contribution in [0.3, 0.4) is 0 Å². The molecule has 0 fully saturated rings. The zero-order valence-electron chi connectivity index (χ0n) is 19.6. The predicted molar refractivity (Wildman–Crippen MR) is 149 cm³/mol. The lowest BCUT2D eigenvalue weighted by atomic mass is 10.1. The molecular formula is C32H19N3O2. The fourth-order valence-corrected chi connectivity index (χ4v) is 5.30. The maximum absolute atomic E-state index is 6.42. The standard InChI is InChI=1S/C32H19N3O2/c1-2-10-22-20(8-1)9-7-13-26(22)35(21-18-25-23-11-3-5-14-28(23)37-32(25)34-19-21)27-16-17-33-30-24-12-4-6-15-29(24)36-31(27)30/h1-19H. The van der Waals surface area contributed by atoms with Gasteiger partial charge in [-0.3, -0.25) is 4.98 Å². The van der Waals surface area contributed by atoms with E-state index in [-0.39, 0.29) is 0 Å². The molecule has 0 amide bonds. The monoisotopic (exact) mass is 477 g/mol. The van der Waals surface area contributed by atoms with Crippen LogP contribution in [0.1, 0.15) is 0 Å². The van der Waals surface area contributed by atoms with Crippen LogP contribution in [0.4, 0.5) is 17.1 Å². The third-order valence-corrected chi connectivity index (χ3v) is 6.97. The van der Waals surface area contributed by atoms with Crippen LogP contribution in [-0.2, 0) is 0 Å². The van der Waals surface area contributed by atoms with E-state index in [4.69, 9.17) is 18.8 Å². The fourth-order valence-electron chi connectivity index (χ4n) is 5.30. The quantitative estimate of drug-likeness (QED) is 0.254. The Balaban J connectivity index is 1.47. The number of rotatable bonds is 3. The SMILES string of the molecule is c1ccc2c(N(c3cnc4oc5ccccc5c4c3)c3ccnc4c3oc3ccccc34)cccc2c1. The van der Waals surface area contributed by atoms with E-state index < -0.39 is 0 Å². The zero-order valence-corrected chi connectivity index (χ0v) is 19.6. The Bertz CT molecular complexity index is 2120. The summed E-state index contributed by atoms with van der Waals surface area (Å²) < 4.78 is 12.4. The molecule has 0 spiro atoms. The summed E-state index contributed by atoms with van der Waals surface area (Å²) in [6.07, 6.45) is 3.71. The van der Waals surface area contributed by atoms with Crippen molar-refractivity contribution in [3.63, 3.8) is 0 Å². The average Bonchev–Trinajstić information content (AvgIpc) is 3.52. The highest BCUT2D eigenvalue weighted by atomic mass is 16.3. The number of furan rings is 2. The van der Waals surface area contributed by atoms with Crippen LogP contribution in [-0.4, -0.2) is 9.97 Å². The second kappa shape index (κ2) is 7.67. The van der Waals surface area contributed by atoms with Gasteiger partial charge in [-0.25, -0.2) is 4.98 Å². The molecule has 37 heavy (non-hydrogen) atoms. The number of nitrogens with zero attached hydrogens (tertiary/aromatic N) is 3. The summed E-state index contributed by atoms with van der Waals surface area (Å²) in [7, 11) is 0. The molecule has 0 N–H and O–H groups in total. The van der Waals surface area contributed by atoms with Crippen LogP contribution in [0.15, 0.2) is 124 Å². The molecule has 4 heterocycles. The maximum Gasteiger partial charge on any atom is 0.227 e. The van der Waals surface area contributed by atoms with Crippen LogP contribution in [0, 0.1) is 0 Å². The van der Waals surface area contributed by atoms with Crippen LogP contribution in [0.25, 0.3) is 54.9 Å². The topological polar surface area (TPSA) is 55.3 Å². The zero-order chi connectivity index (χ0) is 24.3. The van der Waals surface area contributed by atoms with Crippen LogP contribution >= 0.6 is 0 Å². The van der Waals surface area contributed by atoms with Gasteiger partial charge in [0.05, 0.1) is 28.6 Å². The van der Waals surface area contributed by atoms with E-state index in [2.05, 4.69) is 59.5 Å². The Labute approximate surface area is 211 Å². The number of pyridine rings is 2. The number of anilines is 3. The van der Waals surface area contributed by atoms with Gasteiger partial charge in [0.1, 0.15) is 16.7 Å². The summed E-state index contributed by atoms with van der Waals surface area (Å²) in [5, 5.41) is 5.28. The van der Waals surface area contributed by atoms with Gasteiger partial charge in [-0.15, -0.1) is 0 Å². The van der Waals surface area contributed by atoms with Crippen LogP contribution < -0.4 is 4.90 Å². The van der Waals surface area contributed by atoms with Gasteiger partial charge in [0.25, 0.3) is 0 Å². The Morgan fingerprint density at radius 1 is 0.568 bits per heavy atom. The number of para-hydroxylation sites is 2. The molecular weight excluding hydrogens is 458 g/mol. The van der Waals surface area contributed by atoms with E-state index in [0.717, 1.165) is 66.3 Å². The molecule has 0 aliphatic heterocycles. The molecule has 8 aromatic rings. The van der Waals surface area contributed by atoms with Crippen molar-refractivity contribution in [2.75, 3.05) is 4.90 Å². The Morgan fingerprint density at radius 3 is 2.19 bits per heavy atom. The first-order chi connectivity index (χ1) is 18.3.